The Hall–Kier alpha value is -1.35. The Kier molecular flexibility index (Phi) is 2.50. The molecule has 2 aromatic rings. The van der Waals surface area contributed by atoms with Crippen LogP contribution in [0.4, 0.5) is 0 Å². The van der Waals surface area contributed by atoms with Crippen LogP contribution in [0.1, 0.15) is 11.1 Å². The van der Waals surface area contributed by atoms with E-state index in [1.165, 1.54) is 22.5 Å². The van der Waals surface area contributed by atoms with Crippen molar-refractivity contribution < 1.29 is 4.74 Å². The van der Waals surface area contributed by atoms with Gasteiger partial charge in [0.25, 0.3) is 5.19 Å². The Labute approximate surface area is 87.2 Å². The van der Waals surface area contributed by atoms with Crippen LogP contribution in [0.25, 0.3) is 0 Å². The largest absolute Gasteiger partial charge is 0.431 e. The highest BCUT2D eigenvalue weighted by Crippen LogP contribution is 2.24. The Bertz CT molecular complexity index is 403. The number of nitrogens with zero attached hydrogens (tertiary/aromatic N) is 1. The molecule has 3 heteroatoms. The standard InChI is InChI=1S/C11H10NOS/c1-8-5-9(2)7-10(6-8)13-11-12-3-4-14-11/h4-7H,1-2H3. The summed E-state index contributed by atoms with van der Waals surface area (Å²) in [6.45, 7) is 4.10. The molecule has 0 saturated carbocycles. The second kappa shape index (κ2) is 3.80. The quantitative estimate of drug-likeness (QED) is 0.748. The molecular weight excluding hydrogens is 194 g/mol. The monoisotopic (exact) mass is 204 g/mol. The van der Waals surface area contributed by atoms with Gasteiger partial charge >= 0.3 is 0 Å². The third-order valence-corrected chi connectivity index (χ3v) is 2.37. The summed E-state index contributed by atoms with van der Waals surface area (Å²) in [6.07, 6.45) is 2.72. The summed E-state index contributed by atoms with van der Waals surface area (Å²) in [7, 11) is 0. The van der Waals surface area contributed by atoms with Crippen molar-refractivity contribution >= 4 is 11.3 Å². The van der Waals surface area contributed by atoms with Crippen LogP contribution in [-0.2, 0) is 0 Å². The average Bonchev–Trinajstić information content (AvgIpc) is 2.54. The number of aryl methyl sites for hydroxylation is 2. The maximum atomic E-state index is 5.56. The van der Waals surface area contributed by atoms with Crippen molar-refractivity contribution in [2.75, 3.05) is 0 Å². The molecule has 1 aromatic carbocycles. The van der Waals surface area contributed by atoms with Gasteiger partial charge in [-0.2, -0.15) is 0 Å². The van der Waals surface area contributed by atoms with E-state index < -0.39 is 0 Å². The Morgan fingerprint density at radius 1 is 1.21 bits per heavy atom. The first kappa shape index (κ1) is 9.21. The van der Waals surface area contributed by atoms with Crippen molar-refractivity contribution in [3.05, 3.63) is 40.9 Å². The van der Waals surface area contributed by atoms with Crippen molar-refractivity contribution in [3.8, 4) is 10.9 Å². The van der Waals surface area contributed by atoms with Crippen LogP contribution in [0, 0.1) is 20.0 Å². The lowest BCUT2D eigenvalue weighted by molar-refractivity contribution is 0.478. The van der Waals surface area contributed by atoms with Crippen molar-refractivity contribution in [1.29, 1.82) is 0 Å². The number of rotatable bonds is 2. The Balaban J connectivity index is 2.25. The van der Waals surface area contributed by atoms with Crippen LogP contribution in [-0.4, -0.2) is 4.98 Å². The average molecular weight is 204 g/mol. The van der Waals surface area contributed by atoms with Crippen molar-refractivity contribution in [2.45, 2.75) is 13.8 Å². The minimum Gasteiger partial charge on any atom is -0.431 e. The summed E-state index contributed by atoms with van der Waals surface area (Å²) >= 11 is 1.44. The first-order valence-corrected chi connectivity index (χ1v) is 5.20. The van der Waals surface area contributed by atoms with Gasteiger partial charge in [0.05, 0.1) is 0 Å². The van der Waals surface area contributed by atoms with Gasteiger partial charge in [-0.05, 0) is 37.1 Å². The Morgan fingerprint density at radius 3 is 2.50 bits per heavy atom. The molecule has 0 aliphatic rings. The fourth-order valence-corrected chi connectivity index (χ4v) is 1.78. The highest BCUT2D eigenvalue weighted by molar-refractivity contribution is 7.11. The van der Waals surface area contributed by atoms with Gasteiger partial charge in [-0.3, -0.25) is 0 Å². The van der Waals surface area contributed by atoms with E-state index in [0.717, 1.165) is 5.75 Å². The predicted octanol–water partition coefficient (Wildman–Crippen LogP) is 3.35. The SMILES string of the molecule is Cc1cc(C)cc(Oc2n[c]cs2)c1. The highest BCUT2D eigenvalue weighted by Gasteiger charge is 2.00. The fourth-order valence-electron chi connectivity index (χ4n) is 1.32. The molecule has 0 aliphatic heterocycles. The summed E-state index contributed by atoms with van der Waals surface area (Å²) in [5, 5.41) is 2.41. The summed E-state index contributed by atoms with van der Waals surface area (Å²) in [6, 6.07) is 6.10. The zero-order chi connectivity index (χ0) is 9.97. The molecule has 0 amide bonds. The maximum absolute atomic E-state index is 5.56. The fraction of sp³-hybridized carbons (Fsp3) is 0.182. The highest BCUT2D eigenvalue weighted by atomic mass is 32.1. The molecule has 71 valence electrons. The third-order valence-electron chi connectivity index (χ3n) is 1.77. The minimum absolute atomic E-state index is 0.634. The molecule has 0 unspecified atom stereocenters. The van der Waals surface area contributed by atoms with E-state index >= 15 is 0 Å². The van der Waals surface area contributed by atoms with Crippen molar-refractivity contribution in [2.24, 2.45) is 0 Å². The normalized spacial score (nSPS) is 10.1. The summed E-state index contributed by atoms with van der Waals surface area (Å²) in [5.41, 5.74) is 2.39. The molecule has 1 heterocycles. The third kappa shape index (κ3) is 2.12. The van der Waals surface area contributed by atoms with Gasteiger partial charge in [0, 0.05) is 5.38 Å². The molecule has 0 N–H and O–H groups in total. The van der Waals surface area contributed by atoms with Crippen LogP contribution in [0.15, 0.2) is 23.6 Å². The number of ether oxygens (including phenoxy) is 1. The summed E-state index contributed by atoms with van der Waals surface area (Å²) in [5.74, 6) is 0.839. The molecule has 1 aromatic heterocycles. The lowest BCUT2D eigenvalue weighted by atomic mass is 10.1. The van der Waals surface area contributed by atoms with Gasteiger partial charge in [0.2, 0.25) is 0 Å². The second-order valence-corrected chi connectivity index (χ2v) is 3.99. The zero-order valence-corrected chi connectivity index (χ0v) is 8.89. The molecule has 0 spiro atoms. The molecular formula is C11H10NOS. The van der Waals surface area contributed by atoms with E-state index in [9.17, 15) is 0 Å². The molecule has 2 nitrogen and oxygen atoms in total. The minimum atomic E-state index is 0.634. The summed E-state index contributed by atoms with van der Waals surface area (Å²) in [4.78, 5) is 3.94. The molecule has 0 bridgehead atoms. The van der Waals surface area contributed by atoms with Gasteiger partial charge in [-0.1, -0.05) is 17.4 Å². The Morgan fingerprint density at radius 2 is 1.93 bits per heavy atom. The number of hydrogen-bond donors (Lipinski definition) is 0. The molecule has 0 fully saturated rings. The van der Waals surface area contributed by atoms with Crippen molar-refractivity contribution in [3.63, 3.8) is 0 Å². The van der Waals surface area contributed by atoms with Crippen LogP contribution >= 0.6 is 11.3 Å². The smallest absolute Gasteiger partial charge is 0.279 e. The van der Waals surface area contributed by atoms with Gasteiger partial charge in [0.15, 0.2) is 0 Å². The zero-order valence-electron chi connectivity index (χ0n) is 8.07. The van der Waals surface area contributed by atoms with E-state index in [0.29, 0.717) is 5.19 Å². The molecule has 0 aliphatic carbocycles. The van der Waals surface area contributed by atoms with E-state index in [1.54, 1.807) is 5.38 Å². The van der Waals surface area contributed by atoms with Crippen LogP contribution in [0.3, 0.4) is 0 Å². The van der Waals surface area contributed by atoms with Gasteiger partial charge in [0.1, 0.15) is 11.9 Å². The predicted molar refractivity (Wildman–Crippen MR) is 56.9 cm³/mol. The van der Waals surface area contributed by atoms with E-state index in [4.69, 9.17) is 4.74 Å². The number of hydrogen-bond acceptors (Lipinski definition) is 3. The summed E-state index contributed by atoms with van der Waals surface area (Å²) < 4.78 is 5.56. The van der Waals surface area contributed by atoms with Gasteiger partial charge < -0.3 is 4.74 Å². The molecule has 0 saturated heterocycles. The van der Waals surface area contributed by atoms with Crippen LogP contribution in [0.5, 0.6) is 10.9 Å². The second-order valence-electron chi connectivity index (χ2n) is 3.17. The van der Waals surface area contributed by atoms with E-state index in [2.05, 4.69) is 17.2 Å². The molecule has 1 radical (unpaired) electrons. The first-order chi connectivity index (χ1) is 6.74. The molecule has 2 rings (SSSR count). The molecule has 14 heavy (non-hydrogen) atoms. The number of thiazole rings is 1. The lowest BCUT2D eigenvalue weighted by Crippen LogP contribution is -1.85. The van der Waals surface area contributed by atoms with Gasteiger partial charge in [-0.25, -0.2) is 4.98 Å². The molecule has 0 atom stereocenters. The first-order valence-electron chi connectivity index (χ1n) is 4.32. The number of aromatic nitrogens is 1. The van der Waals surface area contributed by atoms with Crippen LogP contribution < -0.4 is 4.74 Å². The maximum Gasteiger partial charge on any atom is 0.279 e. The van der Waals surface area contributed by atoms with E-state index in [1.807, 2.05) is 26.0 Å². The topological polar surface area (TPSA) is 22.1 Å². The van der Waals surface area contributed by atoms with E-state index in [-0.39, 0.29) is 0 Å². The number of benzene rings is 1. The van der Waals surface area contributed by atoms with Crippen molar-refractivity contribution in [1.82, 2.24) is 4.98 Å². The van der Waals surface area contributed by atoms with Crippen LogP contribution in [0.2, 0.25) is 0 Å². The van der Waals surface area contributed by atoms with Gasteiger partial charge in [-0.15, -0.1) is 0 Å². The lowest BCUT2D eigenvalue weighted by Gasteiger charge is -2.04.